The van der Waals surface area contributed by atoms with Gasteiger partial charge in [-0.3, -0.25) is 4.79 Å². The molecule has 1 saturated heterocycles. The smallest absolute Gasteiger partial charge is 0.276 e. The summed E-state index contributed by atoms with van der Waals surface area (Å²) < 4.78 is 15.4. The molecular formula is C19H20FN5OS. The first-order valence-electron chi connectivity index (χ1n) is 8.78. The number of carbonyl (C=O) groups excluding carboxylic acids is 1. The predicted octanol–water partition coefficient (Wildman–Crippen LogP) is 3.29. The van der Waals surface area contributed by atoms with E-state index in [-0.39, 0.29) is 17.4 Å². The number of thioether (sulfide) groups is 1. The van der Waals surface area contributed by atoms with Crippen LogP contribution in [0.4, 0.5) is 15.9 Å². The molecule has 1 amide bonds. The molecule has 140 valence electrons. The van der Waals surface area contributed by atoms with Gasteiger partial charge in [-0.25, -0.2) is 13.9 Å². The van der Waals surface area contributed by atoms with Crippen LogP contribution in [-0.4, -0.2) is 45.1 Å². The Morgan fingerprint density at radius 1 is 1.22 bits per heavy atom. The Kier molecular flexibility index (Phi) is 4.73. The van der Waals surface area contributed by atoms with Gasteiger partial charge in [0.2, 0.25) is 0 Å². The second kappa shape index (κ2) is 7.19. The summed E-state index contributed by atoms with van der Waals surface area (Å²) in [5, 5.41) is 7.11. The Morgan fingerprint density at radius 2 is 2.00 bits per heavy atom. The molecule has 1 aromatic carbocycles. The highest BCUT2D eigenvalue weighted by Gasteiger charge is 2.20. The Balaban J connectivity index is 1.66. The molecule has 8 heteroatoms. The van der Waals surface area contributed by atoms with Crippen LogP contribution in [-0.2, 0) is 0 Å². The number of nitrogens with zero attached hydrogens (tertiary/aromatic N) is 4. The number of benzene rings is 1. The highest BCUT2D eigenvalue weighted by molar-refractivity contribution is 7.99. The molecule has 4 rings (SSSR count). The van der Waals surface area contributed by atoms with E-state index in [2.05, 4.69) is 20.3 Å². The van der Waals surface area contributed by atoms with E-state index in [1.807, 2.05) is 18.7 Å². The van der Waals surface area contributed by atoms with Gasteiger partial charge in [-0.05, 0) is 31.5 Å². The van der Waals surface area contributed by atoms with Crippen molar-refractivity contribution < 1.29 is 9.18 Å². The zero-order valence-electron chi connectivity index (χ0n) is 15.2. The molecule has 1 N–H and O–H groups in total. The number of aromatic nitrogens is 3. The lowest BCUT2D eigenvalue weighted by molar-refractivity contribution is 0.102. The number of halogens is 1. The maximum absolute atomic E-state index is 13.7. The van der Waals surface area contributed by atoms with Gasteiger partial charge in [-0.15, -0.1) is 0 Å². The van der Waals surface area contributed by atoms with E-state index in [1.54, 1.807) is 35.8 Å². The molecule has 0 spiro atoms. The van der Waals surface area contributed by atoms with Crippen LogP contribution in [0.25, 0.3) is 5.52 Å². The van der Waals surface area contributed by atoms with Crippen molar-refractivity contribution in [2.75, 3.05) is 34.8 Å². The van der Waals surface area contributed by atoms with Crippen LogP contribution in [0.5, 0.6) is 0 Å². The van der Waals surface area contributed by atoms with Gasteiger partial charge in [0.25, 0.3) is 5.91 Å². The van der Waals surface area contributed by atoms with Crippen molar-refractivity contribution in [3.8, 4) is 0 Å². The van der Waals surface area contributed by atoms with Crippen LogP contribution in [0.3, 0.4) is 0 Å². The first-order chi connectivity index (χ1) is 13.0. The van der Waals surface area contributed by atoms with E-state index in [1.165, 1.54) is 6.07 Å². The van der Waals surface area contributed by atoms with E-state index in [4.69, 9.17) is 0 Å². The zero-order chi connectivity index (χ0) is 19.0. The zero-order valence-corrected chi connectivity index (χ0v) is 16.0. The topological polar surface area (TPSA) is 62.5 Å². The van der Waals surface area contributed by atoms with Crippen LogP contribution in [0.1, 0.15) is 21.7 Å². The first-order valence-corrected chi connectivity index (χ1v) is 9.94. The minimum absolute atomic E-state index is 0.274. The van der Waals surface area contributed by atoms with Crippen LogP contribution < -0.4 is 10.2 Å². The van der Waals surface area contributed by atoms with Gasteiger partial charge in [0, 0.05) is 36.3 Å². The van der Waals surface area contributed by atoms with E-state index in [0.717, 1.165) is 41.6 Å². The Labute approximate surface area is 160 Å². The molecule has 0 radical (unpaired) electrons. The van der Waals surface area contributed by atoms with Crippen LogP contribution in [0.15, 0.2) is 30.5 Å². The number of carbonyl (C=O) groups is 1. The second-order valence-corrected chi connectivity index (χ2v) is 7.81. The number of fused-ring (bicyclic) bond motifs is 1. The molecule has 0 atom stereocenters. The highest BCUT2D eigenvalue weighted by Crippen LogP contribution is 2.24. The largest absolute Gasteiger partial charge is 0.353 e. The van der Waals surface area contributed by atoms with Crippen molar-refractivity contribution in [2.24, 2.45) is 0 Å². The minimum Gasteiger partial charge on any atom is -0.353 e. The molecule has 0 aliphatic carbocycles. The Bertz CT molecular complexity index is 1010. The number of nitrogens with one attached hydrogen (secondary N) is 1. The third kappa shape index (κ3) is 3.62. The number of anilines is 2. The monoisotopic (exact) mass is 385 g/mol. The first kappa shape index (κ1) is 17.8. The van der Waals surface area contributed by atoms with Gasteiger partial charge >= 0.3 is 0 Å². The normalized spacial score (nSPS) is 14.6. The number of hydrogen-bond donors (Lipinski definition) is 1. The molecule has 1 aliphatic rings. The van der Waals surface area contributed by atoms with Crippen LogP contribution in [0, 0.1) is 19.7 Å². The average molecular weight is 385 g/mol. The van der Waals surface area contributed by atoms with Crippen molar-refractivity contribution in [2.45, 2.75) is 13.8 Å². The van der Waals surface area contributed by atoms with Gasteiger partial charge < -0.3 is 10.2 Å². The highest BCUT2D eigenvalue weighted by atomic mass is 32.2. The van der Waals surface area contributed by atoms with Crippen molar-refractivity contribution in [3.05, 3.63) is 53.2 Å². The maximum Gasteiger partial charge on any atom is 0.276 e. The van der Waals surface area contributed by atoms with Gasteiger partial charge in [-0.2, -0.15) is 16.9 Å². The van der Waals surface area contributed by atoms with Gasteiger partial charge in [-0.1, -0.05) is 6.07 Å². The molecule has 1 aliphatic heterocycles. The van der Waals surface area contributed by atoms with E-state index in [9.17, 15) is 9.18 Å². The number of hydrogen-bond acceptors (Lipinski definition) is 5. The molecule has 3 aromatic rings. The lowest BCUT2D eigenvalue weighted by atomic mass is 10.2. The van der Waals surface area contributed by atoms with Gasteiger partial charge in [0.15, 0.2) is 11.5 Å². The Morgan fingerprint density at radius 3 is 2.74 bits per heavy atom. The molecule has 0 bridgehead atoms. The third-order valence-corrected chi connectivity index (χ3v) is 5.47. The minimum atomic E-state index is -0.375. The van der Waals surface area contributed by atoms with E-state index in [0.29, 0.717) is 11.3 Å². The molecule has 1 fully saturated rings. The molecule has 6 nitrogen and oxygen atoms in total. The SMILES string of the molecule is Cc1cn2nc(C(=O)Nc3ccc(C)c(F)c3)cc2c(N2CCSCC2)n1. The van der Waals surface area contributed by atoms with Crippen molar-refractivity contribution in [1.82, 2.24) is 14.6 Å². The quantitative estimate of drug-likeness (QED) is 0.750. The Hall–Kier alpha value is -2.61. The van der Waals surface area contributed by atoms with Crippen molar-refractivity contribution >= 4 is 34.7 Å². The molecular weight excluding hydrogens is 365 g/mol. The summed E-state index contributed by atoms with van der Waals surface area (Å²) in [5.74, 6) is 2.24. The maximum atomic E-state index is 13.7. The van der Waals surface area contributed by atoms with Crippen LogP contribution >= 0.6 is 11.8 Å². The molecule has 0 unspecified atom stereocenters. The lowest BCUT2D eigenvalue weighted by Crippen LogP contribution is -2.33. The number of amides is 1. The molecule has 3 heterocycles. The molecule has 27 heavy (non-hydrogen) atoms. The summed E-state index contributed by atoms with van der Waals surface area (Å²) in [6.07, 6.45) is 1.81. The summed E-state index contributed by atoms with van der Waals surface area (Å²) in [6.45, 7) is 5.44. The fourth-order valence-corrected chi connectivity index (χ4v) is 3.98. The van der Waals surface area contributed by atoms with E-state index < -0.39 is 0 Å². The summed E-state index contributed by atoms with van der Waals surface area (Å²) in [5.41, 5.74) is 2.85. The molecule has 0 saturated carbocycles. The molecule has 2 aromatic heterocycles. The second-order valence-electron chi connectivity index (χ2n) is 6.58. The number of rotatable bonds is 3. The summed E-state index contributed by atoms with van der Waals surface area (Å²) in [6, 6.07) is 6.36. The standard InChI is InChI=1S/C19H20FN5OS/c1-12-3-4-14(9-15(12)20)22-19(26)16-10-17-18(24-5-7-27-8-6-24)21-13(2)11-25(17)23-16/h3-4,9-11H,5-8H2,1-2H3,(H,22,26). The van der Waals surface area contributed by atoms with Gasteiger partial charge in [0.05, 0.1) is 11.9 Å². The fraction of sp³-hybridized carbons (Fsp3) is 0.316. The van der Waals surface area contributed by atoms with Crippen molar-refractivity contribution in [3.63, 3.8) is 0 Å². The average Bonchev–Trinajstić information content (AvgIpc) is 3.09. The van der Waals surface area contributed by atoms with E-state index >= 15 is 0 Å². The third-order valence-electron chi connectivity index (χ3n) is 4.53. The number of aryl methyl sites for hydroxylation is 2. The van der Waals surface area contributed by atoms with Crippen molar-refractivity contribution in [1.29, 1.82) is 0 Å². The van der Waals surface area contributed by atoms with Gasteiger partial charge in [0.1, 0.15) is 11.3 Å². The van der Waals surface area contributed by atoms with Crippen LogP contribution in [0.2, 0.25) is 0 Å². The fourth-order valence-electron chi connectivity index (χ4n) is 3.07. The lowest BCUT2D eigenvalue weighted by Gasteiger charge is -2.28. The predicted molar refractivity (Wildman–Crippen MR) is 106 cm³/mol. The summed E-state index contributed by atoms with van der Waals surface area (Å²) in [4.78, 5) is 19.5. The summed E-state index contributed by atoms with van der Waals surface area (Å²) >= 11 is 1.93. The summed E-state index contributed by atoms with van der Waals surface area (Å²) in [7, 11) is 0.